The number of carbonyl (C=O) groups is 1. The van der Waals surface area contributed by atoms with Crippen molar-refractivity contribution in [3.8, 4) is 23.1 Å². The fourth-order valence-corrected chi connectivity index (χ4v) is 3.86. The molecule has 186 valence electrons. The largest absolute Gasteiger partial charge is 0.497 e. The second kappa shape index (κ2) is 11.4. The normalized spacial score (nSPS) is 10.8. The Morgan fingerprint density at radius 2 is 1.53 bits per heavy atom. The first-order valence-corrected chi connectivity index (χ1v) is 12.0. The van der Waals surface area contributed by atoms with Crippen LogP contribution in [0.2, 0.25) is 0 Å². The Labute approximate surface area is 212 Å². The van der Waals surface area contributed by atoms with E-state index in [0.717, 1.165) is 28.3 Å². The number of hydrogen-bond acceptors (Lipinski definition) is 4. The molecule has 0 aliphatic carbocycles. The molecule has 2 amide bonds. The topological polar surface area (TPSA) is 68.6 Å². The number of hydrogen-bond donors (Lipinski definition) is 1. The molecule has 3 aromatic carbocycles. The number of urea groups is 1. The molecule has 0 saturated carbocycles. The van der Waals surface area contributed by atoms with Gasteiger partial charge in [-0.15, -0.1) is 0 Å². The number of benzene rings is 3. The van der Waals surface area contributed by atoms with Crippen molar-refractivity contribution < 1.29 is 14.3 Å². The summed E-state index contributed by atoms with van der Waals surface area (Å²) in [7, 11) is 1.63. The summed E-state index contributed by atoms with van der Waals surface area (Å²) in [4.78, 5) is 15.0. The van der Waals surface area contributed by atoms with Crippen molar-refractivity contribution in [2.45, 2.75) is 39.9 Å². The molecule has 0 unspecified atom stereocenters. The summed E-state index contributed by atoms with van der Waals surface area (Å²) in [5.74, 6) is 1.96. The van der Waals surface area contributed by atoms with E-state index >= 15 is 0 Å². The summed E-state index contributed by atoms with van der Waals surface area (Å²) in [6.07, 6.45) is 0. The molecular weight excluding hydrogens is 452 g/mol. The highest BCUT2D eigenvalue weighted by molar-refractivity contribution is 5.74. The lowest BCUT2D eigenvalue weighted by molar-refractivity contribution is 0.189. The Hall–Kier alpha value is -4.26. The van der Waals surface area contributed by atoms with Crippen LogP contribution < -0.4 is 14.8 Å². The maximum absolute atomic E-state index is 13.2. The summed E-state index contributed by atoms with van der Waals surface area (Å²) in [6.45, 7) is 6.64. The monoisotopic (exact) mass is 484 g/mol. The third-order valence-corrected chi connectivity index (χ3v) is 5.68. The van der Waals surface area contributed by atoms with Gasteiger partial charge in [-0.25, -0.2) is 9.48 Å². The number of nitrogens with one attached hydrogen (secondary N) is 1. The second-order valence-corrected chi connectivity index (χ2v) is 8.84. The number of para-hydroxylation sites is 1. The summed E-state index contributed by atoms with van der Waals surface area (Å²) < 4.78 is 13.5. The minimum atomic E-state index is -0.142. The first-order valence-electron chi connectivity index (χ1n) is 12.0. The molecule has 0 spiro atoms. The molecule has 0 fully saturated rings. The van der Waals surface area contributed by atoms with E-state index in [4.69, 9.17) is 14.6 Å². The van der Waals surface area contributed by atoms with Crippen LogP contribution in [0.25, 0.3) is 5.69 Å². The Bertz CT molecular complexity index is 1270. The number of ether oxygens (including phenoxy) is 2. The van der Waals surface area contributed by atoms with Gasteiger partial charge >= 0.3 is 6.03 Å². The molecule has 0 aliphatic heterocycles. The van der Waals surface area contributed by atoms with E-state index in [2.05, 4.69) is 5.32 Å². The van der Waals surface area contributed by atoms with Crippen LogP contribution in [0.15, 0.2) is 84.9 Å². The van der Waals surface area contributed by atoms with E-state index in [-0.39, 0.29) is 12.1 Å². The number of rotatable bonds is 9. The van der Waals surface area contributed by atoms with E-state index < -0.39 is 0 Å². The van der Waals surface area contributed by atoms with Crippen LogP contribution in [-0.4, -0.2) is 33.9 Å². The molecule has 4 rings (SSSR count). The van der Waals surface area contributed by atoms with Crippen LogP contribution in [0, 0.1) is 6.92 Å². The first kappa shape index (κ1) is 24.9. The van der Waals surface area contributed by atoms with Gasteiger partial charge in [-0.1, -0.05) is 48.5 Å². The number of aromatic nitrogens is 2. The van der Waals surface area contributed by atoms with E-state index in [1.54, 1.807) is 16.7 Å². The molecule has 0 bridgehead atoms. The molecule has 7 heteroatoms. The molecule has 1 N–H and O–H groups in total. The van der Waals surface area contributed by atoms with E-state index in [1.165, 1.54) is 0 Å². The first-order chi connectivity index (χ1) is 17.4. The molecule has 7 nitrogen and oxygen atoms in total. The Morgan fingerprint density at radius 3 is 2.14 bits per heavy atom. The average molecular weight is 485 g/mol. The minimum Gasteiger partial charge on any atom is -0.497 e. The summed E-state index contributed by atoms with van der Waals surface area (Å²) in [6, 6.07) is 27.1. The van der Waals surface area contributed by atoms with Crippen molar-refractivity contribution in [1.82, 2.24) is 20.0 Å². The average Bonchev–Trinajstić information content (AvgIpc) is 3.19. The maximum atomic E-state index is 13.2. The Kier molecular flexibility index (Phi) is 7.90. The standard InChI is InChI=1S/C29H32N4O3/c1-21(2)30-29(34)32(19-23-11-7-5-8-12-23)20-27-22(3)31-33(24-13-9-6-10-14-24)28(27)36-26-17-15-25(35-4)16-18-26/h5-18,21H,19-20H2,1-4H3,(H,30,34). The van der Waals surface area contributed by atoms with Crippen molar-refractivity contribution in [2.75, 3.05) is 7.11 Å². The zero-order valence-electron chi connectivity index (χ0n) is 21.1. The van der Waals surface area contributed by atoms with Crippen molar-refractivity contribution in [3.63, 3.8) is 0 Å². The number of aryl methyl sites for hydroxylation is 1. The predicted molar refractivity (Wildman–Crippen MR) is 141 cm³/mol. The van der Waals surface area contributed by atoms with Gasteiger partial charge in [-0.05, 0) is 62.7 Å². The highest BCUT2D eigenvalue weighted by Gasteiger charge is 2.24. The smallest absolute Gasteiger partial charge is 0.318 e. The lowest BCUT2D eigenvalue weighted by atomic mass is 10.2. The van der Waals surface area contributed by atoms with Gasteiger partial charge in [0.05, 0.1) is 30.6 Å². The Balaban J connectivity index is 1.74. The van der Waals surface area contributed by atoms with Gasteiger partial charge < -0.3 is 19.7 Å². The van der Waals surface area contributed by atoms with Crippen LogP contribution in [0.1, 0.15) is 30.7 Å². The molecule has 1 aromatic heterocycles. The van der Waals surface area contributed by atoms with Crippen LogP contribution in [-0.2, 0) is 13.1 Å². The number of amides is 2. The highest BCUT2D eigenvalue weighted by atomic mass is 16.5. The molecule has 0 radical (unpaired) electrons. The van der Waals surface area contributed by atoms with Crippen LogP contribution in [0.5, 0.6) is 17.4 Å². The third kappa shape index (κ3) is 6.05. The van der Waals surface area contributed by atoms with E-state index in [0.29, 0.717) is 24.7 Å². The van der Waals surface area contributed by atoms with E-state index in [1.807, 2.05) is 106 Å². The Morgan fingerprint density at radius 1 is 0.917 bits per heavy atom. The highest BCUT2D eigenvalue weighted by Crippen LogP contribution is 2.32. The summed E-state index contributed by atoms with van der Waals surface area (Å²) in [5, 5.41) is 7.83. The predicted octanol–water partition coefficient (Wildman–Crippen LogP) is 6.10. The number of methoxy groups -OCH3 is 1. The van der Waals surface area contributed by atoms with Gasteiger partial charge in [0.25, 0.3) is 0 Å². The van der Waals surface area contributed by atoms with Crippen molar-refractivity contribution >= 4 is 6.03 Å². The van der Waals surface area contributed by atoms with Gasteiger partial charge in [-0.3, -0.25) is 0 Å². The zero-order valence-corrected chi connectivity index (χ0v) is 21.1. The van der Waals surface area contributed by atoms with Gasteiger partial charge in [-0.2, -0.15) is 5.10 Å². The SMILES string of the molecule is COc1ccc(Oc2c(CN(Cc3ccccc3)C(=O)NC(C)C)c(C)nn2-c2ccccc2)cc1. The maximum Gasteiger partial charge on any atom is 0.318 e. The molecule has 0 saturated heterocycles. The quantitative estimate of drug-likeness (QED) is 0.312. The molecule has 4 aromatic rings. The fourth-order valence-electron chi connectivity index (χ4n) is 3.86. The van der Waals surface area contributed by atoms with Crippen molar-refractivity contribution in [1.29, 1.82) is 0 Å². The lowest BCUT2D eigenvalue weighted by Crippen LogP contribution is -2.42. The van der Waals surface area contributed by atoms with Crippen molar-refractivity contribution in [3.05, 3.63) is 102 Å². The van der Waals surface area contributed by atoms with Gasteiger partial charge in [0, 0.05) is 12.6 Å². The van der Waals surface area contributed by atoms with Gasteiger partial charge in [0.1, 0.15) is 11.5 Å². The molecule has 0 atom stereocenters. The van der Waals surface area contributed by atoms with Gasteiger partial charge in [0.15, 0.2) is 0 Å². The van der Waals surface area contributed by atoms with Crippen molar-refractivity contribution in [2.24, 2.45) is 0 Å². The number of nitrogens with zero attached hydrogens (tertiary/aromatic N) is 3. The minimum absolute atomic E-state index is 0.0129. The van der Waals surface area contributed by atoms with Gasteiger partial charge in [0.2, 0.25) is 5.88 Å². The summed E-state index contributed by atoms with van der Waals surface area (Å²) in [5.41, 5.74) is 3.54. The second-order valence-electron chi connectivity index (χ2n) is 8.84. The molecular formula is C29H32N4O3. The third-order valence-electron chi connectivity index (χ3n) is 5.68. The van der Waals surface area contributed by atoms with Crippen LogP contribution in [0.4, 0.5) is 4.79 Å². The zero-order chi connectivity index (χ0) is 25.5. The molecule has 0 aliphatic rings. The van der Waals surface area contributed by atoms with Crippen LogP contribution >= 0.6 is 0 Å². The number of carbonyl (C=O) groups excluding carboxylic acids is 1. The molecule has 36 heavy (non-hydrogen) atoms. The fraction of sp³-hybridized carbons (Fsp3) is 0.241. The summed E-state index contributed by atoms with van der Waals surface area (Å²) >= 11 is 0. The van der Waals surface area contributed by atoms with Crippen LogP contribution in [0.3, 0.4) is 0 Å². The van der Waals surface area contributed by atoms with E-state index in [9.17, 15) is 4.79 Å². The molecule has 1 heterocycles. The lowest BCUT2D eigenvalue weighted by Gasteiger charge is -2.25.